The number of nitrogens with zero attached hydrogens (tertiary/aromatic N) is 4. The third-order valence-corrected chi connectivity index (χ3v) is 5.72. The van der Waals surface area contributed by atoms with Crippen molar-refractivity contribution in [2.75, 3.05) is 18.0 Å². The van der Waals surface area contributed by atoms with E-state index in [1.54, 1.807) is 0 Å². The molecule has 0 saturated carbocycles. The Hall–Kier alpha value is -2.63. The third-order valence-electron chi connectivity index (χ3n) is 5.48. The number of anilines is 1. The van der Waals surface area contributed by atoms with E-state index < -0.39 is 0 Å². The molecule has 0 bridgehead atoms. The number of hydrogen-bond donors (Lipinski definition) is 0. The monoisotopic (exact) mass is 406 g/mol. The molecule has 5 nitrogen and oxygen atoms in total. The lowest BCUT2D eigenvalue weighted by molar-refractivity contribution is -0.00573. The zero-order valence-corrected chi connectivity index (χ0v) is 17.5. The number of imidazole rings is 1. The Morgan fingerprint density at radius 2 is 1.76 bits per heavy atom. The van der Waals surface area contributed by atoms with Crippen LogP contribution in [0.5, 0.6) is 0 Å². The number of rotatable bonds is 2. The number of halogens is 1. The predicted octanol–water partition coefficient (Wildman–Crippen LogP) is 5.12. The molecular weight excluding hydrogens is 384 g/mol. The fourth-order valence-electron chi connectivity index (χ4n) is 4.26. The number of benzene rings is 2. The van der Waals surface area contributed by atoms with Gasteiger partial charge in [-0.25, -0.2) is 4.98 Å². The highest BCUT2D eigenvalue weighted by atomic mass is 35.5. The standard InChI is InChI=1S/C23H23ClN4O/c1-14-12-27(13-15(2)29-14)23-26-16(3)22-11-25-20-8-7-18(10-21(20)28(22)23)17-5-4-6-19(24)9-17/h4-11,14-15H,12-13H2,1-3H3/t14-,15+. The van der Waals surface area contributed by atoms with E-state index >= 15 is 0 Å². The Kier molecular flexibility index (Phi) is 4.45. The Morgan fingerprint density at radius 3 is 2.52 bits per heavy atom. The van der Waals surface area contributed by atoms with Crippen LogP contribution in [0.1, 0.15) is 19.5 Å². The SMILES string of the molecule is Cc1nc(N2C[C@@H](C)O[C@@H](C)C2)n2c1cnc1ccc(-c3cccc(Cl)c3)cc12. The molecule has 4 aromatic rings. The van der Waals surface area contributed by atoms with Crippen molar-refractivity contribution in [1.29, 1.82) is 0 Å². The molecule has 2 aromatic carbocycles. The van der Waals surface area contributed by atoms with Crippen LogP contribution >= 0.6 is 11.6 Å². The number of hydrogen-bond acceptors (Lipinski definition) is 4. The van der Waals surface area contributed by atoms with Crippen molar-refractivity contribution in [1.82, 2.24) is 14.4 Å². The largest absolute Gasteiger partial charge is 0.372 e. The molecule has 2 atom stereocenters. The Labute approximate surface area is 174 Å². The molecule has 0 spiro atoms. The van der Waals surface area contributed by atoms with E-state index in [0.29, 0.717) is 0 Å². The van der Waals surface area contributed by atoms with Crippen LogP contribution in [0, 0.1) is 6.92 Å². The van der Waals surface area contributed by atoms with Crippen LogP contribution in [-0.4, -0.2) is 39.7 Å². The second kappa shape index (κ2) is 7.01. The van der Waals surface area contributed by atoms with Crippen LogP contribution in [0.3, 0.4) is 0 Å². The van der Waals surface area contributed by atoms with E-state index in [1.165, 1.54) is 0 Å². The van der Waals surface area contributed by atoms with Crippen LogP contribution in [0.15, 0.2) is 48.7 Å². The minimum atomic E-state index is 0.168. The molecule has 148 valence electrons. The van der Waals surface area contributed by atoms with Crippen LogP contribution in [0.4, 0.5) is 5.95 Å². The molecule has 5 rings (SSSR count). The maximum atomic E-state index is 6.22. The van der Waals surface area contributed by atoms with Gasteiger partial charge in [0.1, 0.15) is 0 Å². The molecule has 1 fully saturated rings. The van der Waals surface area contributed by atoms with Crippen molar-refractivity contribution in [3.05, 3.63) is 59.4 Å². The van der Waals surface area contributed by atoms with Crippen LogP contribution in [0.2, 0.25) is 5.02 Å². The topological polar surface area (TPSA) is 42.7 Å². The molecular formula is C23H23ClN4O. The molecule has 1 aliphatic rings. The maximum Gasteiger partial charge on any atom is 0.211 e. The fourth-order valence-corrected chi connectivity index (χ4v) is 4.45. The fraction of sp³-hybridized carbons (Fsp3) is 0.304. The molecule has 29 heavy (non-hydrogen) atoms. The zero-order chi connectivity index (χ0) is 20.1. The summed E-state index contributed by atoms with van der Waals surface area (Å²) in [6, 6.07) is 14.3. The summed E-state index contributed by atoms with van der Waals surface area (Å²) in [4.78, 5) is 11.9. The number of aromatic nitrogens is 3. The van der Waals surface area contributed by atoms with E-state index in [0.717, 1.165) is 57.4 Å². The van der Waals surface area contributed by atoms with Gasteiger partial charge in [0.2, 0.25) is 5.95 Å². The van der Waals surface area contributed by atoms with Gasteiger partial charge in [0, 0.05) is 18.1 Å². The molecule has 0 unspecified atom stereocenters. The first-order valence-corrected chi connectivity index (χ1v) is 10.3. The summed E-state index contributed by atoms with van der Waals surface area (Å²) in [5.41, 5.74) is 6.19. The molecule has 1 saturated heterocycles. The van der Waals surface area contributed by atoms with Gasteiger partial charge in [-0.15, -0.1) is 0 Å². The number of aryl methyl sites for hydroxylation is 1. The summed E-state index contributed by atoms with van der Waals surface area (Å²) in [5, 5.41) is 0.731. The average molecular weight is 407 g/mol. The lowest BCUT2D eigenvalue weighted by Gasteiger charge is -2.35. The van der Waals surface area contributed by atoms with Gasteiger partial charge in [-0.2, -0.15) is 0 Å². The van der Waals surface area contributed by atoms with Gasteiger partial charge < -0.3 is 9.64 Å². The molecule has 0 amide bonds. The Bertz CT molecular complexity index is 1210. The quantitative estimate of drug-likeness (QED) is 0.463. The molecule has 6 heteroatoms. The van der Waals surface area contributed by atoms with Crippen molar-refractivity contribution >= 4 is 34.1 Å². The molecule has 0 aliphatic carbocycles. The van der Waals surface area contributed by atoms with Crippen LogP contribution < -0.4 is 4.90 Å². The van der Waals surface area contributed by atoms with E-state index in [2.05, 4.69) is 52.4 Å². The molecule has 1 aliphatic heterocycles. The Balaban J connectivity index is 1.73. The summed E-state index contributed by atoms with van der Waals surface area (Å²) < 4.78 is 8.16. The number of ether oxygens (including phenoxy) is 1. The number of fused-ring (bicyclic) bond motifs is 3. The minimum Gasteiger partial charge on any atom is -0.372 e. The first-order valence-electron chi connectivity index (χ1n) is 9.94. The number of morpholine rings is 1. The molecule has 2 aromatic heterocycles. The van der Waals surface area contributed by atoms with Crippen molar-refractivity contribution in [2.45, 2.75) is 33.0 Å². The lowest BCUT2D eigenvalue weighted by Crippen LogP contribution is -2.46. The highest BCUT2D eigenvalue weighted by Gasteiger charge is 2.26. The van der Waals surface area contributed by atoms with Gasteiger partial charge in [-0.3, -0.25) is 9.38 Å². The first kappa shape index (κ1) is 18.4. The van der Waals surface area contributed by atoms with Gasteiger partial charge in [0.05, 0.1) is 40.6 Å². The first-order chi connectivity index (χ1) is 14.0. The maximum absolute atomic E-state index is 6.22. The summed E-state index contributed by atoms with van der Waals surface area (Å²) in [5.74, 6) is 0.954. The summed E-state index contributed by atoms with van der Waals surface area (Å²) in [6.45, 7) is 7.91. The van der Waals surface area contributed by atoms with Crippen LogP contribution in [-0.2, 0) is 4.74 Å². The summed E-state index contributed by atoms with van der Waals surface area (Å²) in [7, 11) is 0. The van der Waals surface area contributed by atoms with Gasteiger partial charge in [-0.1, -0.05) is 29.8 Å². The third kappa shape index (κ3) is 3.24. The van der Waals surface area contributed by atoms with E-state index in [9.17, 15) is 0 Å². The van der Waals surface area contributed by atoms with Gasteiger partial charge in [-0.05, 0) is 56.2 Å². The smallest absolute Gasteiger partial charge is 0.211 e. The zero-order valence-electron chi connectivity index (χ0n) is 16.8. The minimum absolute atomic E-state index is 0.168. The molecule has 0 N–H and O–H groups in total. The molecule has 3 heterocycles. The van der Waals surface area contributed by atoms with Crippen molar-refractivity contribution < 1.29 is 4.74 Å². The van der Waals surface area contributed by atoms with Gasteiger partial charge in [0.15, 0.2) is 0 Å². The highest BCUT2D eigenvalue weighted by Crippen LogP contribution is 2.30. The van der Waals surface area contributed by atoms with E-state index in [-0.39, 0.29) is 12.2 Å². The van der Waals surface area contributed by atoms with Crippen molar-refractivity contribution in [3.8, 4) is 11.1 Å². The van der Waals surface area contributed by atoms with Crippen molar-refractivity contribution in [2.24, 2.45) is 0 Å². The highest BCUT2D eigenvalue weighted by molar-refractivity contribution is 6.30. The lowest BCUT2D eigenvalue weighted by atomic mass is 10.0. The second-order valence-electron chi connectivity index (χ2n) is 7.85. The van der Waals surface area contributed by atoms with Crippen molar-refractivity contribution in [3.63, 3.8) is 0 Å². The summed E-state index contributed by atoms with van der Waals surface area (Å²) >= 11 is 6.22. The van der Waals surface area contributed by atoms with E-state index in [1.807, 2.05) is 31.3 Å². The average Bonchev–Trinajstić information content (AvgIpc) is 3.04. The van der Waals surface area contributed by atoms with E-state index in [4.69, 9.17) is 21.3 Å². The predicted molar refractivity (Wildman–Crippen MR) is 118 cm³/mol. The molecule has 0 radical (unpaired) electrons. The second-order valence-corrected chi connectivity index (χ2v) is 8.29. The Morgan fingerprint density at radius 1 is 1.00 bits per heavy atom. The van der Waals surface area contributed by atoms with Crippen LogP contribution in [0.25, 0.3) is 27.7 Å². The normalized spacial score (nSPS) is 19.9. The summed E-state index contributed by atoms with van der Waals surface area (Å²) in [6.07, 6.45) is 2.25. The van der Waals surface area contributed by atoms with Gasteiger partial charge >= 0.3 is 0 Å². The van der Waals surface area contributed by atoms with Gasteiger partial charge in [0.25, 0.3) is 0 Å².